The molecule has 0 aliphatic heterocycles. The van der Waals surface area contributed by atoms with Crippen molar-refractivity contribution < 1.29 is 22.5 Å². The molecule has 0 atom stereocenters. The van der Waals surface area contributed by atoms with Crippen LogP contribution in [0.5, 0.6) is 0 Å². The molecule has 0 aromatic heterocycles. The molecule has 0 bridgehead atoms. The summed E-state index contributed by atoms with van der Waals surface area (Å²) >= 11 is 0. The molecule has 0 fully saturated rings. The normalized spacial score (nSPS) is 10.9. The minimum Gasteiger partial charge on any atom is -0.449 e. The number of unbranched alkanes of at least 4 members (excludes halogenated alkanes) is 2. The van der Waals surface area contributed by atoms with Gasteiger partial charge in [0.05, 0.1) is 6.61 Å². The molecular weight excluding hydrogens is 198 g/mol. The lowest BCUT2D eigenvalue weighted by molar-refractivity contribution is 0.149. The lowest BCUT2D eigenvalue weighted by Crippen LogP contribution is -2.30. The monoisotopic (exact) mass is 211 g/mol. The van der Waals surface area contributed by atoms with E-state index in [-0.39, 0.29) is 6.61 Å². The van der Waals surface area contributed by atoms with Gasteiger partial charge in [-0.2, -0.15) is 13.1 Å². The molecule has 0 saturated carbocycles. The van der Waals surface area contributed by atoms with Gasteiger partial charge in [-0.1, -0.05) is 19.8 Å². The zero-order valence-electron chi connectivity index (χ0n) is 7.32. The maximum atomic E-state index is 10.5. The van der Waals surface area contributed by atoms with Gasteiger partial charge in [-0.15, -0.1) is 0 Å². The van der Waals surface area contributed by atoms with E-state index < -0.39 is 16.4 Å². The van der Waals surface area contributed by atoms with Crippen molar-refractivity contribution in [2.24, 2.45) is 0 Å². The van der Waals surface area contributed by atoms with E-state index in [9.17, 15) is 13.2 Å². The highest BCUT2D eigenvalue weighted by molar-refractivity contribution is 7.84. The summed E-state index contributed by atoms with van der Waals surface area (Å²) in [7, 11) is -4.49. The first-order chi connectivity index (χ1) is 5.95. The molecule has 78 valence electrons. The Labute approximate surface area is 77.2 Å². The SMILES string of the molecule is CCCCCOC(=O)NS(=O)(=O)O. The van der Waals surface area contributed by atoms with Crippen molar-refractivity contribution >= 4 is 16.4 Å². The first-order valence-corrected chi connectivity index (χ1v) is 5.31. The van der Waals surface area contributed by atoms with Crippen molar-refractivity contribution in [1.29, 1.82) is 0 Å². The van der Waals surface area contributed by atoms with E-state index in [0.29, 0.717) is 6.42 Å². The number of ether oxygens (including phenoxy) is 1. The predicted octanol–water partition coefficient (Wildman–Crippen LogP) is 0.706. The van der Waals surface area contributed by atoms with Crippen molar-refractivity contribution in [3.8, 4) is 0 Å². The van der Waals surface area contributed by atoms with Crippen LogP contribution in [0, 0.1) is 0 Å². The molecule has 6 nitrogen and oxygen atoms in total. The van der Waals surface area contributed by atoms with E-state index in [1.54, 1.807) is 0 Å². The Balaban J connectivity index is 3.53. The Kier molecular flexibility index (Phi) is 5.40. The van der Waals surface area contributed by atoms with Gasteiger partial charge in [-0.25, -0.2) is 4.79 Å². The number of hydrogen-bond donors (Lipinski definition) is 2. The Morgan fingerprint density at radius 2 is 2.08 bits per heavy atom. The maximum absolute atomic E-state index is 10.5. The summed E-state index contributed by atoms with van der Waals surface area (Å²) in [6.07, 6.45) is 1.40. The Hall–Kier alpha value is -0.820. The van der Waals surface area contributed by atoms with Gasteiger partial charge in [0, 0.05) is 0 Å². The van der Waals surface area contributed by atoms with Crippen LogP contribution in [0.4, 0.5) is 4.79 Å². The number of rotatable bonds is 5. The summed E-state index contributed by atoms with van der Waals surface area (Å²) in [6.45, 7) is 2.13. The second-order valence-electron chi connectivity index (χ2n) is 2.42. The topological polar surface area (TPSA) is 92.7 Å². The number of hydrogen-bond acceptors (Lipinski definition) is 4. The first kappa shape index (κ1) is 12.2. The lowest BCUT2D eigenvalue weighted by atomic mass is 10.3. The minimum absolute atomic E-state index is 0.148. The quantitative estimate of drug-likeness (QED) is 0.516. The summed E-state index contributed by atoms with van der Waals surface area (Å²) in [5.74, 6) is 0. The van der Waals surface area contributed by atoms with Crippen LogP contribution in [0.25, 0.3) is 0 Å². The van der Waals surface area contributed by atoms with Crippen molar-refractivity contribution in [1.82, 2.24) is 4.72 Å². The van der Waals surface area contributed by atoms with Crippen LogP contribution < -0.4 is 4.72 Å². The highest BCUT2D eigenvalue weighted by Gasteiger charge is 2.10. The molecule has 0 spiro atoms. The van der Waals surface area contributed by atoms with E-state index in [2.05, 4.69) is 4.74 Å². The molecule has 0 unspecified atom stereocenters. The largest absolute Gasteiger partial charge is 0.449 e. The summed E-state index contributed by atoms with van der Waals surface area (Å²) in [5, 5.41) is 0. The van der Waals surface area contributed by atoms with Crippen LogP contribution in [-0.2, 0) is 15.0 Å². The van der Waals surface area contributed by atoms with Crippen molar-refractivity contribution in [2.75, 3.05) is 6.61 Å². The van der Waals surface area contributed by atoms with Gasteiger partial charge in [0.2, 0.25) is 0 Å². The smallest absolute Gasteiger partial charge is 0.422 e. The fourth-order valence-electron chi connectivity index (χ4n) is 0.652. The van der Waals surface area contributed by atoms with Gasteiger partial charge in [0.15, 0.2) is 0 Å². The zero-order chi connectivity index (χ0) is 10.3. The molecule has 13 heavy (non-hydrogen) atoms. The van der Waals surface area contributed by atoms with Crippen LogP contribution >= 0.6 is 0 Å². The van der Waals surface area contributed by atoms with Gasteiger partial charge in [-0.3, -0.25) is 4.55 Å². The molecule has 7 heteroatoms. The van der Waals surface area contributed by atoms with E-state index in [1.807, 2.05) is 6.92 Å². The average Bonchev–Trinajstić information content (AvgIpc) is 1.94. The molecule has 0 aromatic carbocycles. The van der Waals surface area contributed by atoms with Crippen LogP contribution in [0.15, 0.2) is 0 Å². The highest BCUT2D eigenvalue weighted by Crippen LogP contribution is 1.94. The maximum Gasteiger partial charge on any atom is 0.422 e. The fourth-order valence-corrected chi connectivity index (χ4v) is 0.921. The molecule has 1 amide bonds. The van der Waals surface area contributed by atoms with Crippen LogP contribution in [0.3, 0.4) is 0 Å². The molecule has 0 heterocycles. The van der Waals surface area contributed by atoms with Crippen LogP contribution in [-0.4, -0.2) is 25.7 Å². The van der Waals surface area contributed by atoms with Gasteiger partial charge in [-0.05, 0) is 6.42 Å². The van der Waals surface area contributed by atoms with E-state index in [4.69, 9.17) is 4.55 Å². The van der Waals surface area contributed by atoms with E-state index in [0.717, 1.165) is 12.8 Å². The molecule has 0 saturated heterocycles. The standard InChI is InChI=1S/C6H13NO5S/c1-2-3-4-5-12-6(8)7-13(9,10)11/h2-5H2,1H3,(H,7,8)(H,9,10,11). The molecule has 0 aliphatic rings. The number of carbonyl (C=O) groups excluding carboxylic acids is 1. The molecule has 0 aliphatic carbocycles. The summed E-state index contributed by atoms with van der Waals surface area (Å²) < 4.78 is 34.0. The number of nitrogens with one attached hydrogen (secondary N) is 1. The molecular formula is C6H13NO5S. The summed E-state index contributed by atoms with van der Waals surface area (Å²) in [6, 6.07) is 0. The van der Waals surface area contributed by atoms with Crippen molar-refractivity contribution in [3.05, 3.63) is 0 Å². The van der Waals surface area contributed by atoms with Crippen molar-refractivity contribution in [3.63, 3.8) is 0 Å². The third kappa shape index (κ3) is 9.09. The Morgan fingerprint density at radius 3 is 2.54 bits per heavy atom. The predicted molar refractivity (Wildman–Crippen MR) is 45.6 cm³/mol. The summed E-state index contributed by atoms with van der Waals surface area (Å²) in [4.78, 5) is 10.5. The molecule has 2 N–H and O–H groups in total. The van der Waals surface area contributed by atoms with Gasteiger partial charge in [0.1, 0.15) is 0 Å². The third-order valence-electron chi connectivity index (χ3n) is 1.19. The minimum atomic E-state index is -4.49. The average molecular weight is 211 g/mol. The lowest BCUT2D eigenvalue weighted by Gasteiger charge is -2.03. The third-order valence-corrected chi connectivity index (χ3v) is 1.62. The van der Waals surface area contributed by atoms with Crippen LogP contribution in [0.2, 0.25) is 0 Å². The molecule has 0 aromatic rings. The van der Waals surface area contributed by atoms with Gasteiger partial charge in [0.25, 0.3) is 0 Å². The summed E-state index contributed by atoms with van der Waals surface area (Å²) in [5.41, 5.74) is 0. The molecule has 0 radical (unpaired) electrons. The van der Waals surface area contributed by atoms with E-state index in [1.165, 1.54) is 4.72 Å². The second-order valence-corrected chi connectivity index (χ2v) is 3.57. The number of carbonyl (C=O) groups is 1. The highest BCUT2D eigenvalue weighted by atomic mass is 32.2. The van der Waals surface area contributed by atoms with Gasteiger partial charge < -0.3 is 4.74 Å². The number of amides is 1. The zero-order valence-corrected chi connectivity index (χ0v) is 8.13. The fraction of sp³-hybridized carbons (Fsp3) is 0.833. The molecule has 0 rings (SSSR count). The second kappa shape index (κ2) is 5.76. The van der Waals surface area contributed by atoms with Gasteiger partial charge >= 0.3 is 16.4 Å². The van der Waals surface area contributed by atoms with Crippen LogP contribution in [0.1, 0.15) is 26.2 Å². The first-order valence-electron chi connectivity index (χ1n) is 3.87. The Morgan fingerprint density at radius 1 is 1.46 bits per heavy atom. The van der Waals surface area contributed by atoms with Crippen molar-refractivity contribution in [2.45, 2.75) is 26.2 Å². The van der Waals surface area contributed by atoms with E-state index >= 15 is 0 Å². The Bertz CT molecular complexity index is 248.